The van der Waals surface area contributed by atoms with Crippen molar-refractivity contribution in [2.45, 2.75) is 0 Å². The highest BCUT2D eigenvalue weighted by atomic mass is 79.9. The first-order chi connectivity index (χ1) is 7.56. The number of aromatic nitrogens is 2. The van der Waals surface area contributed by atoms with Gasteiger partial charge >= 0.3 is 0 Å². The van der Waals surface area contributed by atoms with Gasteiger partial charge in [0, 0.05) is 16.8 Å². The van der Waals surface area contributed by atoms with E-state index in [-0.39, 0.29) is 10.2 Å². The number of rotatable bonds is 1. The number of hydrogen-bond acceptors (Lipinski definition) is 2. The Bertz CT molecular complexity index is 528. The normalized spacial score (nSPS) is 10.5. The minimum Gasteiger partial charge on any atom is -0.235 e. The molecule has 1 heterocycles. The molecule has 1 aromatic heterocycles. The lowest BCUT2D eigenvalue weighted by molar-refractivity contribution is 0.628. The van der Waals surface area contributed by atoms with Gasteiger partial charge in [-0.1, -0.05) is 23.2 Å². The largest absolute Gasteiger partial charge is 0.235 e. The lowest BCUT2D eigenvalue weighted by Crippen LogP contribution is -1.90. The predicted molar refractivity (Wildman–Crippen MR) is 65.1 cm³/mol. The minimum atomic E-state index is -0.440. The fourth-order valence-corrected chi connectivity index (χ4v) is 1.71. The Balaban J connectivity index is 2.54. The van der Waals surface area contributed by atoms with E-state index in [4.69, 9.17) is 23.2 Å². The van der Waals surface area contributed by atoms with E-state index in [2.05, 4.69) is 25.9 Å². The first-order valence-corrected chi connectivity index (χ1v) is 5.75. The zero-order valence-corrected chi connectivity index (χ0v) is 10.8. The van der Waals surface area contributed by atoms with Crippen molar-refractivity contribution in [1.29, 1.82) is 0 Å². The molecule has 16 heavy (non-hydrogen) atoms. The second-order valence-corrected chi connectivity index (χ2v) is 4.64. The van der Waals surface area contributed by atoms with Crippen molar-refractivity contribution in [3.63, 3.8) is 0 Å². The van der Waals surface area contributed by atoms with Gasteiger partial charge in [-0.2, -0.15) is 0 Å². The van der Waals surface area contributed by atoms with E-state index in [1.807, 2.05) is 0 Å². The van der Waals surface area contributed by atoms with Gasteiger partial charge < -0.3 is 0 Å². The van der Waals surface area contributed by atoms with Gasteiger partial charge in [-0.3, -0.25) is 0 Å². The summed E-state index contributed by atoms with van der Waals surface area (Å²) in [4.78, 5) is 8.03. The molecular weight excluding hydrogens is 318 g/mol. The maximum atomic E-state index is 13.1. The molecular formula is C10H4BrCl2FN2. The molecule has 0 aliphatic rings. The first kappa shape index (κ1) is 11.8. The fourth-order valence-electron chi connectivity index (χ4n) is 1.17. The maximum absolute atomic E-state index is 13.1. The lowest BCUT2D eigenvalue weighted by Gasteiger charge is -2.02. The highest BCUT2D eigenvalue weighted by Gasteiger charge is 2.07. The summed E-state index contributed by atoms with van der Waals surface area (Å²) in [6.45, 7) is 0. The van der Waals surface area contributed by atoms with Crippen LogP contribution in [-0.4, -0.2) is 9.97 Å². The van der Waals surface area contributed by atoms with Gasteiger partial charge in [0.2, 0.25) is 0 Å². The quantitative estimate of drug-likeness (QED) is 0.730. The second-order valence-electron chi connectivity index (χ2n) is 2.99. The third kappa shape index (κ3) is 2.51. The molecule has 0 spiro atoms. The van der Waals surface area contributed by atoms with Gasteiger partial charge in [-0.25, -0.2) is 14.4 Å². The topological polar surface area (TPSA) is 25.8 Å². The summed E-state index contributed by atoms with van der Waals surface area (Å²) in [7, 11) is 0. The SMILES string of the molecule is Fc1cc(Cl)cc(-c2ncc(Br)c(Cl)n2)c1. The van der Waals surface area contributed by atoms with Crippen molar-refractivity contribution < 1.29 is 4.39 Å². The zero-order chi connectivity index (χ0) is 11.7. The van der Waals surface area contributed by atoms with Crippen LogP contribution in [0.1, 0.15) is 0 Å². The van der Waals surface area contributed by atoms with Crippen LogP contribution in [0.4, 0.5) is 4.39 Å². The Morgan fingerprint density at radius 1 is 1.19 bits per heavy atom. The molecule has 82 valence electrons. The summed E-state index contributed by atoms with van der Waals surface area (Å²) in [6, 6.07) is 4.08. The highest BCUT2D eigenvalue weighted by molar-refractivity contribution is 9.10. The summed E-state index contributed by atoms with van der Waals surface area (Å²) >= 11 is 14.7. The summed E-state index contributed by atoms with van der Waals surface area (Å²) in [5.74, 6) is -0.111. The Morgan fingerprint density at radius 3 is 2.56 bits per heavy atom. The summed E-state index contributed by atoms with van der Waals surface area (Å²) in [5, 5.41) is 0.558. The van der Waals surface area contributed by atoms with E-state index < -0.39 is 5.82 Å². The van der Waals surface area contributed by atoms with Gasteiger partial charge in [-0.05, 0) is 34.1 Å². The third-order valence-corrected chi connectivity index (χ3v) is 3.14. The van der Waals surface area contributed by atoms with Crippen molar-refractivity contribution in [2.75, 3.05) is 0 Å². The first-order valence-electron chi connectivity index (χ1n) is 4.21. The van der Waals surface area contributed by atoms with Crippen molar-refractivity contribution in [1.82, 2.24) is 9.97 Å². The number of halogens is 4. The van der Waals surface area contributed by atoms with Crippen LogP contribution in [-0.2, 0) is 0 Å². The van der Waals surface area contributed by atoms with Crippen molar-refractivity contribution in [3.8, 4) is 11.4 Å². The molecule has 1 aromatic carbocycles. The molecule has 0 radical (unpaired) electrons. The molecule has 0 saturated carbocycles. The molecule has 0 atom stereocenters. The van der Waals surface area contributed by atoms with Crippen LogP contribution in [0, 0.1) is 5.82 Å². The van der Waals surface area contributed by atoms with E-state index in [0.29, 0.717) is 15.9 Å². The van der Waals surface area contributed by atoms with E-state index >= 15 is 0 Å². The molecule has 6 heteroatoms. The van der Waals surface area contributed by atoms with Crippen LogP contribution in [0.15, 0.2) is 28.9 Å². The average molecular weight is 322 g/mol. The zero-order valence-electron chi connectivity index (χ0n) is 7.72. The van der Waals surface area contributed by atoms with Crippen LogP contribution in [0.2, 0.25) is 10.2 Å². The van der Waals surface area contributed by atoms with Crippen LogP contribution < -0.4 is 0 Å². The van der Waals surface area contributed by atoms with Crippen molar-refractivity contribution in [3.05, 3.63) is 44.9 Å². The number of hydrogen-bond donors (Lipinski definition) is 0. The standard InChI is InChI=1S/C10H4BrCl2FN2/c11-8-4-15-10(16-9(8)13)5-1-6(12)3-7(14)2-5/h1-4H. The van der Waals surface area contributed by atoms with E-state index in [1.165, 1.54) is 18.3 Å². The lowest BCUT2D eigenvalue weighted by atomic mass is 10.2. The van der Waals surface area contributed by atoms with Gasteiger partial charge in [0.25, 0.3) is 0 Å². The van der Waals surface area contributed by atoms with Crippen LogP contribution in [0.5, 0.6) is 0 Å². The highest BCUT2D eigenvalue weighted by Crippen LogP contribution is 2.25. The molecule has 2 rings (SSSR count). The fraction of sp³-hybridized carbons (Fsp3) is 0. The Hall–Kier alpha value is -0.710. The van der Waals surface area contributed by atoms with Gasteiger partial charge in [0.05, 0.1) is 4.47 Å². The van der Waals surface area contributed by atoms with E-state index in [9.17, 15) is 4.39 Å². The minimum absolute atomic E-state index is 0.269. The van der Waals surface area contributed by atoms with Gasteiger partial charge in [0.1, 0.15) is 11.0 Å². The molecule has 0 aliphatic heterocycles. The van der Waals surface area contributed by atoms with Crippen LogP contribution >= 0.6 is 39.1 Å². The van der Waals surface area contributed by atoms with Crippen molar-refractivity contribution in [2.24, 2.45) is 0 Å². The second kappa shape index (κ2) is 4.65. The molecule has 0 saturated heterocycles. The van der Waals surface area contributed by atoms with Gasteiger partial charge in [-0.15, -0.1) is 0 Å². The maximum Gasteiger partial charge on any atom is 0.161 e. The summed E-state index contributed by atoms with van der Waals surface area (Å²) in [5.41, 5.74) is 0.486. The summed E-state index contributed by atoms with van der Waals surface area (Å²) in [6.07, 6.45) is 1.50. The molecule has 0 aliphatic carbocycles. The molecule has 0 fully saturated rings. The summed E-state index contributed by atoms with van der Waals surface area (Å²) < 4.78 is 13.7. The molecule has 2 aromatic rings. The third-order valence-electron chi connectivity index (χ3n) is 1.82. The average Bonchev–Trinajstić information content (AvgIpc) is 2.20. The predicted octanol–water partition coefficient (Wildman–Crippen LogP) is 4.35. The molecule has 0 unspecified atom stereocenters. The number of benzene rings is 1. The van der Waals surface area contributed by atoms with E-state index in [0.717, 1.165) is 0 Å². The Kier molecular flexibility index (Phi) is 3.42. The van der Waals surface area contributed by atoms with E-state index in [1.54, 1.807) is 6.07 Å². The number of nitrogens with zero attached hydrogens (tertiary/aromatic N) is 2. The van der Waals surface area contributed by atoms with Crippen LogP contribution in [0.3, 0.4) is 0 Å². The Labute approximate surface area is 110 Å². The molecule has 0 N–H and O–H groups in total. The smallest absolute Gasteiger partial charge is 0.161 e. The molecule has 0 bridgehead atoms. The molecule has 2 nitrogen and oxygen atoms in total. The monoisotopic (exact) mass is 320 g/mol. The Morgan fingerprint density at radius 2 is 1.94 bits per heavy atom. The molecule has 0 amide bonds. The van der Waals surface area contributed by atoms with Crippen LogP contribution in [0.25, 0.3) is 11.4 Å². The van der Waals surface area contributed by atoms with Crippen molar-refractivity contribution >= 4 is 39.1 Å². The van der Waals surface area contributed by atoms with Gasteiger partial charge in [0.15, 0.2) is 5.82 Å².